The monoisotopic (exact) mass is 249 g/mol. The summed E-state index contributed by atoms with van der Waals surface area (Å²) in [6.07, 6.45) is 1.12. The molecule has 0 bridgehead atoms. The van der Waals surface area contributed by atoms with E-state index in [-0.39, 0.29) is 11.8 Å². The molecule has 1 aromatic rings. The number of hydrogen-bond donors (Lipinski definition) is 1. The minimum atomic E-state index is -3.09. The Morgan fingerprint density at radius 2 is 1.94 bits per heavy atom. The van der Waals surface area contributed by atoms with Gasteiger partial charge in [0.1, 0.15) is 9.84 Å². The molecule has 0 saturated carbocycles. The van der Waals surface area contributed by atoms with E-state index >= 15 is 0 Å². The van der Waals surface area contributed by atoms with Gasteiger partial charge in [0.05, 0.1) is 5.75 Å². The smallest absolute Gasteiger partial charge is 0.160 e. The minimum Gasteiger partial charge on any atom is -0.381 e. The number of benzene rings is 1. The lowest BCUT2D eigenvalue weighted by molar-refractivity contribution is 0.509. The van der Waals surface area contributed by atoms with Gasteiger partial charge in [0.2, 0.25) is 0 Å². The molecule has 1 rings (SSSR count). The summed E-state index contributed by atoms with van der Waals surface area (Å²) in [5.41, 5.74) is 0.357. The summed E-state index contributed by atoms with van der Waals surface area (Å²) in [6.45, 7) is 1.66. The first-order valence-corrected chi connectivity index (χ1v) is 6.73. The lowest BCUT2D eigenvalue weighted by Gasteiger charge is -2.14. The van der Waals surface area contributed by atoms with Crippen molar-refractivity contribution >= 4 is 15.5 Å². The number of halogens is 2. The third-order valence-electron chi connectivity index (χ3n) is 1.89. The van der Waals surface area contributed by atoms with Crippen LogP contribution in [-0.4, -0.2) is 26.5 Å². The maximum Gasteiger partial charge on any atom is 0.160 e. The van der Waals surface area contributed by atoms with E-state index in [0.717, 1.165) is 18.4 Å². The average Bonchev–Trinajstić information content (AvgIpc) is 2.08. The molecule has 0 spiro atoms. The molecule has 1 aromatic carbocycles. The van der Waals surface area contributed by atoms with Crippen molar-refractivity contribution in [2.24, 2.45) is 0 Å². The van der Waals surface area contributed by atoms with E-state index in [4.69, 9.17) is 0 Å². The minimum absolute atomic E-state index is 0.0635. The van der Waals surface area contributed by atoms with E-state index < -0.39 is 21.5 Å². The summed E-state index contributed by atoms with van der Waals surface area (Å²) in [5, 5.41) is 2.78. The number of hydrogen-bond acceptors (Lipinski definition) is 3. The molecule has 0 heterocycles. The highest BCUT2D eigenvalue weighted by atomic mass is 32.2. The third-order valence-corrected chi connectivity index (χ3v) is 2.99. The van der Waals surface area contributed by atoms with Crippen LogP contribution in [0.1, 0.15) is 6.92 Å². The van der Waals surface area contributed by atoms with E-state index in [1.54, 1.807) is 6.92 Å². The maximum absolute atomic E-state index is 12.8. The zero-order chi connectivity index (χ0) is 12.3. The van der Waals surface area contributed by atoms with Gasteiger partial charge in [0.15, 0.2) is 11.6 Å². The SMILES string of the molecule is CC(CS(C)(=O)=O)Nc1ccc(F)c(F)c1. The Morgan fingerprint density at radius 3 is 2.44 bits per heavy atom. The van der Waals surface area contributed by atoms with Crippen LogP contribution < -0.4 is 5.32 Å². The topological polar surface area (TPSA) is 46.2 Å². The molecule has 0 aliphatic carbocycles. The zero-order valence-corrected chi connectivity index (χ0v) is 9.81. The maximum atomic E-state index is 12.8. The second kappa shape index (κ2) is 4.78. The van der Waals surface area contributed by atoms with Crippen LogP contribution in [0.25, 0.3) is 0 Å². The van der Waals surface area contributed by atoms with E-state index in [0.29, 0.717) is 5.69 Å². The number of rotatable bonds is 4. The number of anilines is 1. The fourth-order valence-corrected chi connectivity index (χ4v) is 2.36. The van der Waals surface area contributed by atoms with Gasteiger partial charge in [-0.05, 0) is 19.1 Å². The van der Waals surface area contributed by atoms with Crippen molar-refractivity contribution in [3.63, 3.8) is 0 Å². The van der Waals surface area contributed by atoms with Gasteiger partial charge < -0.3 is 5.32 Å². The molecule has 0 amide bonds. The first-order valence-electron chi connectivity index (χ1n) is 4.67. The summed E-state index contributed by atoms with van der Waals surface area (Å²) in [5.74, 6) is -1.95. The van der Waals surface area contributed by atoms with Crippen molar-refractivity contribution in [1.82, 2.24) is 0 Å². The second-order valence-electron chi connectivity index (χ2n) is 3.77. The molecular weight excluding hydrogens is 236 g/mol. The van der Waals surface area contributed by atoms with Crippen LogP contribution in [0.15, 0.2) is 18.2 Å². The van der Waals surface area contributed by atoms with E-state index in [1.165, 1.54) is 6.07 Å². The molecule has 1 N–H and O–H groups in total. The lowest BCUT2D eigenvalue weighted by atomic mass is 10.2. The summed E-state index contributed by atoms with van der Waals surface area (Å²) in [6, 6.07) is 2.98. The predicted molar refractivity (Wildman–Crippen MR) is 59.2 cm³/mol. The average molecular weight is 249 g/mol. The molecule has 16 heavy (non-hydrogen) atoms. The zero-order valence-electron chi connectivity index (χ0n) is 9.00. The van der Waals surface area contributed by atoms with Crippen LogP contribution in [0.5, 0.6) is 0 Å². The van der Waals surface area contributed by atoms with Gasteiger partial charge in [0, 0.05) is 24.1 Å². The van der Waals surface area contributed by atoms with Crippen molar-refractivity contribution in [2.75, 3.05) is 17.3 Å². The largest absolute Gasteiger partial charge is 0.381 e. The van der Waals surface area contributed by atoms with Crippen LogP contribution in [-0.2, 0) is 9.84 Å². The van der Waals surface area contributed by atoms with E-state index in [1.807, 2.05) is 0 Å². The first-order chi connectivity index (χ1) is 7.28. The molecule has 1 unspecified atom stereocenters. The highest BCUT2D eigenvalue weighted by molar-refractivity contribution is 7.90. The number of sulfone groups is 1. The number of nitrogens with one attached hydrogen (secondary N) is 1. The summed E-state index contributed by atoms with van der Waals surface area (Å²) in [7, 11) is -3.09. The fraction of sp³-hybridized carbons (Fsp3) is 0.400. The second-order valence-corrected chi connectivity index (χ2v) is 5.95. The van der Waals surface area contributed by atoms with Gasteiger partial charge in [-0.25, -0.2) is 17.2 Å². The van der Waals surface area contributed by atoms with Gasteiger partial charge in [-0.2, -0.15) is 0 Å². The summed E-state index contributed by atoms with van der Waals surface area (Å²) >= 11 is 0. The standard InChI is InChI=1S/C10H13F2NO2S/c1-7(6-16(2,14)15)13-8-3-4-9(11)10(12)5-8/h3-5,7,13H,6H2,1-2H3. The van der Waals surface area contributed by atoms with Crippen LogP contribution in [0, 0.1) is 11.6 Å². The van der Waals surface area contributed by atoms with Gasteiger partial charge in [-0.1, -0.05) is 0 Å². The third kappa shape index (κ3) is 4.14. The summed E-state index contributed by atoms with van der Waals surface area (Å²) < 4.78 is 47.4. The predicted octanol–water partition coefficient (Wildman–Crippen LogP) is 1.81. The highest BCUT2D eigenvalue weighted by Crippen LogP contribution is 2.14. The molecule has 90 valence electrons. The Kier molecular flexibility index (Phi) is 3.85. The van der Waals surface area contributed by atoms with Gasteiger partial charge in [-0.15, -0.1) is 0 Å². The molecule has 6 heteroatoms. The molecule has 3 nitrogen and oxygen atoms in total. The Labute approximate surface area is 93.4 Å². The first kappa shape index (κ1) is 12.9. The highest BCUT2D eigenvalue weighted by Gasteiger charge is 2.11. The molecule has 0 aromatic heterocycles. The Balaban J connectivity index is 2.70. The van der Waals surface area contributed by atoms with Crippen LogP contribution in [0.2, 0.25) is 0 Å². The molecule has 0 fully saturated rings. The van der Waals surface area contributed by atoms with Crippen LogP contribution >= 0.6 is 0 Å². The van der Waals surface area contributed by atoms with Crippen molar-refractivity contribution in [3.05, 3.63) is 29.8 Å². The molecule has 0 aliphatic rings. The quantitative estimate of drug-likeness (QED) is 0.885. The van der Waals surface area contributed by atoms with E-state index in [9.17, 15) is 17.2 Å². The van der Waals surface area contributed by atoms with Crippen molar-refractivity contribution in [1.29, 1.82) is 0 Å². The Morgan fingerprint density at radius 1 is 1.31 bits per heavy atom. The van der Waals surface area contributed by atoms with Gasteiger partial charge in [-0.3, -0.25) is 0 Å². The molecule has 0 radical (unpaired) electrons. The Bertz CT molecular complexity index is 474. The molecule has 1 atom stereocenters. The van der Waals surface area contributed by atoms with Crippen molar-refractivity contribution in [2.45, 2.75) is 13.0 Å². The fourth-order valence-electron chi connectivity index (χ4n) is 1.37. The molecule has 0 aliphatic heterocycles. The van der Waals surface area contributed by atoms with Gasteiger partial charge >= 0.3 is 0 Å². The normalized spacial score (nSPS) is 13.5. The Hall–Kier alpha value is -1.17. The molecular formula is C10H13F2NO2S. The lowest BCUT2D eigenvalue weighted by Crippen LogP contribution is -2.25. The van der Waals surface area contributed by atoms with Crippen molar-refractivity contribution < 1.29 is 17.2 Å². The summed E-state index contributed by atoms with van der Waals surface area (Å²) in [4.78, 5) is 0. The van der Waals surface area contributed by atoms with E-state index in [2.05, 4.69) is 5.32 Å². The van der Waals surface area contributed by atoms with Crippen molar-refractivity contribution in [3.8, 4) is 0 Å². The van der Waals surface area contributed by atoms with Crippen LogP contribution in [0.4, 0.5) is 14.5 Å². The van der Waals surface area contributed by atoms with Crippen LogP contribution in [0.3, 0.4) is 0 Å². The van der Waals surface area contributed by atoms with Gasteiger partial charge in [0.25, 0.3) is 0 Å². The molecule has 0 saturated heterocycles.